The summed E-state index contributed by atoms with van der Waals surface area (Å²) in [4.78, 5) is 31.6. The zero-order chi connectivity index (χ0) is 23.5. The molecule has 0 aliphatic carbocycles. The van der Waals surface area contributed by atoms with E-state index in [1.165, 1.54) is 17.0 Å². The molecule has 3 aromatic rings. The number of Topliss-reactive ketones (excluding diaryl/α,β-unsaturated/α-hetero) is 1. The Morgan fingerprint density at radius 2 is 1.76 bits per heavy atom. The summed E-state index contributed by atoms with van der Waals surface area (Å²) in [7, 11) is 0. The van der Waals surface area contributed by atoms with Crippen molar-refractivity contribution in [3.63, 3.8) is 0 Å². The molecule has 2 aromatic carbocycles. The van der Waals surface area contributed by atoms with Crippen molar-refractivity contribution in [1.82, 2.24) is 9.88 Å². The zero-order valence-corrected chi connectivity index (χ0v) is 18.3. The van der Waals surface area contributed by atoms with E-state index < -0.39 is 17.7 Å². The van der Waals surface area contributed by atoms with Gasteiger partial charge in [0.05, 0.1) is 17.7 Å². The number of nitrogens with zero attached hydrogens (tertiary/aromatic N) is 2. The van der Waals surface area contributed by atoms with Gasteiger partial charge in [0.1, 0.15) is 17.3 Å². The third-order valence-electron chi connectivity index (χ3n) is 5.32. The fourth-order valence-electron chi connectivity index (χ4n) is 3.85. The Balaban J connectivity index is 1.79. The van der Waals surface area contributed by atoms with Crippen molar-refractivity contribution in [2.75, 3.05) is 0 Å². The third kappa shape index (κ3) is 4.57. The van der Waals surface area contributed by atoms with Gasteiger partial charge in [-0.1, -0.05) is 18.2 Å². The Morgan fingerprint density at radius 1 is 1.06 bits per heavy atom. The highest BCUT2D eigenvalue weighted by Crippen LogP contribution is 2.40. The first-order valence-corrected chi connectivity index (χ1v) is 10.6. The molecule has 1 aromatic heterocycles. The minimum Gasteiger partial charge on any atom is -0.508 e. The average Bonchev–Trinajstić information content (AvgIpc) is 3.05. The number of hydrogen-bond donors (Lipinski definition) is 2. The predicted octanol–water partition coefficient (Wildman–Crippen LogP) is 4.20. The van der Waals surface area contributed by atoms with Crippen LogP contribution in [0.15, 0.2) is 78.6 Å². The lowest BCUT2D eigenvalue weighted by molar-refractivity contribution is -0.140. The lowest BCUT2D eigenvalue weighted by atomic mass is 9.95. The first-order valence-electron chi connectivity index (χ1n) is 10.6. The molecule has 0 spiro atoms. The second-order valence-corrected chi connectivity index (χ2v) is 8.07. The summed E-state index contributed by atoms with van der Waals surface area (Å²) in [5.74, 6) is -1.05. The van der Waals surface area contributed by atoms with Crippen molar-refractivity contribution >= 4 is 17.4 Å². The smallest absolute Gasteiger partial charge is 0.295 e. The van der Waals surface area contributed by atoms with Crippen LogP contribution in [0.4, 0.5) is 0 Å². The fraction of sp³-hybridized carbons (Fsp3) is 0.192. The van der Waals surface area contributed by atoms with Crippen LogP contribution in [0.5, 0.6) is 11.5 Å². The van der Waals surface area contributed by atoms with Crippen LogP contribution in [0.3, 0.4) is 0 Å². The maximum atomic E-state index is 13.1. The van der Waals surface area contributed by atoms with E-state index in [1.807, 2.05) is 19.9 Å². The number of hydrogen-bond acceptors (Lipinski definition) is 6. The molecule has 1 aliphatic rings. The van der Waals surface area contributed by atoms with Gasteiger partial charge in [-0.3, -0.25) is 14.6 Å². The quantitative estimate of drug-likeness (QED) is 0.336. The molecule has 1 amide bonds. The molecule has 1 unspecified atom stereocenters. The Morgan fingerprint density at radius 3 is 2.36 bits per heavy atom. The topological polar surface area (TPSA) is 100.0 Å². The highest BCUT2D eigenvalue weighted by molar-refractivity contribution is 6.46. The van der Waals surface area contributed by atoms with Crippen LogP contribution in [0.1, 0.15) is 36.6 Å². The average molecular weight is 444 g/mol. The van der Waals surface area contributed by atoms with Crippen molar-refractivity contribution in [1.29, 1.82) is 0 Å². The number of aromatic hydroxyl groups is 1. The van der Waals surface area contributed by atoms with E-state index in [4.69, 9.17) is 4.74 Å². The van der Waals surface area contributed by atoms with Gasteiger partial charge in [0, 0.05) is 24.5 Å². The summed E-state index contributed by atoms with van der Waals surface area (Å²) in [5, 5.41) is 20.8. The van der Waals surface area contributed by atoms with Gasteiger partial charge in [0.25, 0.3) is 11.7 Å². The van der Waals surface area contributed by atoms with Gasteiger partial charge in [-0.05, 0) is 67.4 Å². The number of ether oxygens (including phenoxy) is 1. The molecule has 1 fully saturated rings. The van der Waals surface area contributed by atoms with Crippen LogP contribution in [0.25, 0.3) is 5.76 Å². The van der Waals surface area contributed by atoms with Crippen LogP contribution in [0, 0.1) is 0 Å². The molecule has 2 heterocycles. The lowest BCUT2D eigenvalue weighted by Gasteiger charge is -2.25. The van der Waals surface area contributed by atoms with Gasteiger partial charge in [0.2, 0.25) is 0 Å². The van der Waals surface area contributed by atoms with E-state index in [-0.39, 0.29) is 29.7 Å². The normalized spacial score (nSPS) is 17.5. The number of aliphatic hydroxyl groups excluding tert-OH is 1. The van der Waals surface area contributed by atoms with Crippen molar-refractivity contribution in [2.24, 2.45) is 0 Å². The molecule has 0 bridgehead atoms. The summed E-state index contributed by atoms with van der Waals surface area (Å²) in [6.07, 6.45) is 3.25. The van der Waals surface area contributed by atoms with E-state index in [2.05, 4.69) is 4.98 Å². The van der Waals surface area contributed by atoms with Gasteiger partial charge >= 0.3 is 0 Å². The zero-order valence-electron chi connectivity index (χ0n) is 18.3. The number of phenols is 1. The summed E-state index contributed by atoms with van der Waals surface area (Å²) in [6, 6.07) is 15.7. The van der Waals surface area contributed by atoms with Crippen LogP contribution in [-0.4, -0.2) is 37.9 Å². The first kappa shape index (κ1) is 22.1. The Bertz CT molecular complexity index is 1190. The second kappa shape index (κ2) is 9.16. The minimum absolute atomic E-state index is 0.00301. The Hall–Kier alpha value is -4.13. The lowest BCUT2D eigenvalue weighted by Crippen LogP contribution is -2.29. The monoisotopic (exact) mass is 444 g/mol. The number of aliphatic hydroxyl groups is 1. The van der Waals surface area contributed by atoms with Crippen LogP contribution in [0.2, 0.25) is 0 Å². The van der Waals surface area contributed by atoms with E-state index in [0.29, 0.717) is 16.9 Å². The van der Waals surface area contributed by atoms with Crippen molar-refractivity contribution in [3.05, 3.63) is 95.3 Å². The van der Waals surface area contributed by atoms with Crippen LogP contribution in [-0.2, 0) is 16.1 Å². The fourth-order valence-corrected chi connectivity index (χ4v) is 3.85. The number of amides is 1. The molecule has 4 rings (SSSR count). The molecule has 168 valence electrons. The summed E-state index contributed by atoms with van der Waals surface area (Å²) < 4.78 is 5.64. The SMILES string of the molecule is CC(C)Oc1ccc(/C(O)=C2/C(=O)C(=O)N(Cc3cccnc3)C2c2ccc(O)cc2)cc1. The number of ketones is 1. The van der Waals surface area contributed by atoms with Gasteiger partial charge in [-0.15, -0.1) is 0 Å². The Kier molecular flexibility index (Phi) is 6.13. The maximum absolute atomic E-state index is 13.1. The van der Waals surface area contributed by atoms with Gasteiger partial charge in [-0.25, -0.2) is 0 Å². The summed E-state index contributed by atoms with van der Waals surface area (Å²) >= 11 is 0. The molecule has 1 aliphatic heterocycles. The number of pyridine rings is 1. The molecule has 1 saturated heterocycles. The van der Waals surface area contributed by atoms with Crippen molar-refractivity contribution < 1.29 is 24.5 Å². The first-order chi connectivity index (χ1) is 15.8. The van der Waals surface area contributed by atoms with Crippen molar-refractivity contribution in [2.45, 2.75) is 32.5 Å². The summed E-state index contributed by atoms with van der Waals surface area (Å²) in [5.41, 5.74) is 1.73. The molecule has 0 radical (unpaired) electrons. The molecule has 2 N–H and O–H groups in total. The van der Waals surface area contributed by atoms with Crippen molar-refractivity contribution in [3.8, 4) is 11.5 Å². The molecular weight excluding hydrogens is 420 g/mol. The molecule has 1 atom stereocenters. The predicted molar refractivity (Wildman–Crippen MR) is 122 cm³/mol. The minimum atomic E-state index is -0.822. The maximum Gasteiger partial charge on any atom is 0.295 e. The Labute approximate surface area is 191 Å². The number of rotatable bonds is 6. The number of benzene rings is 2. The summed E-state index contributed by atoms with van der Waals surface area (Å²) in [6.45, 7) is 3.96. The molecular formula is C26H24N2O5. The van der Waals surface area contributed by atoms with Gasteiger partial charge in [-0.2, -0.15) is 0 Å². The highest BCUT2D eigenvalue weighted by atomic mass is 16.5. The number of likely N-dealkylation sites (tertiary alicyclic amines) is 1. The molecule has 7 nitrogen and oxygen atoms in total. The highest BCUT2D eigenvalue weighted by Gasteiger charge is 2.46. The molecule has 7 heteroatoms. The second-order valence-electron chi connectivity index (χ2n) is 8.07. The van der Waals surface area contributed by atoms with Crippen LogP contribution < -0.4 is 4.74 Å². The standard InChI is InChI=1S/C26H24N2O5/c1-16(2)33-21-11-7-19(8-12-21)24(30)22-23(18-5-9-20(29)10-6-18)28(26(32)25(22)31)15-17-4-3-13-27-14-17/h3-14,16,23,29-30H,15H2,1-2H3/b24-22-. The number of carbonyl (C=O) groups is 2. The van der Waals surface area contributed by atoms with E-state index in [1.54, 1.807) is 54.9 Å². The van der Waals surface area contributed by atoms with Crippen LogP contribution >= 0.6 is 0 Å². The molecule has 0 saturated carbocycles. The van der Waals surface area contributed by atoms with Gasteiger partial charge in [0.15, 0.2) is 0 Å². The number of carbonyl (C=O) groups excluding carboxylic acids is 2. The third-order valence-corrected chi connectivity index (χ3v) is 5.32. The van der Waals surface area contributed by atoms with Gasteiger partial charge < -0.3 is 19.8 Å². The number of aromatic nitrogens is 1. The number of phenolic OH excluding ortho intramolecular Hbond substituents is 1. The molecule has 33 heavy (non-hydrogen) atoms. The van der Waals surface area contributed by atoms with E-state index in [9.17, 15) is 19.8 Å². The van der Waals surface area contributed by atoms with E-state index in [0.717, 1.165) is 5.56 Å². The largest absolute Gasteiger partial charge is 0.508 e. The van der Waals surface area contributed by atoms with E-state index >= 15 is 0 Å².